The van der Waals surface area contributed by atoms with E-state index < -0.39 is 237 Å². The number of H-pyrrole nitrogens is 1. The summed E-state index contributed by atoms with van der Waals surface area (Å²) >= 11 is 0. The molecule has 41 heteroatoms. The highest BCUT2D eigenvalue weighted by Gasteiger charge is 2.40. The normalized spacial score (nSPS) is 22.4. The number of aliphatic hydroxyl groups excluding tert-OH is 1. The highest BCUT2D eigenvalue weighted by atomic mass is 16.5. The van der Waals surface area contributed by atoms with Crippen molar-refractivity contribution in [1.82, 2.24) is 68.8 Å². The Morgan fingerprint density at radius 2 is 1.14 bits per heavy atom. The minimum absolute atomic E-state index is 0.0527. The van der Waals surface area contributed by atoms with E-state index >= 15 is 0 Å². The van der Waals surface area contributed by atoms with E-state index in [9.17, 15) is 112 Å². The molecule has 1 unspecified atom stereocenters. The summed E-state index contributed by atoms with van der Waals surface area (Å²) in [6.45, 7) is -1.07. The van der Waals surface area contributed by atoms with Gasteiger partial charge >= 0.3 is 29.8 Å². The number of carbonyl (C=O) groups excluding carboxylic acids is 14. The van der Waals surface area contributed by atoms with Crippen LogP contribution < -0.4 is 86.7 Å². The van der Waals surface area contributed by atoms with Crippen LogP contribution in [0.4, 0.5) is 5.69 Å². The number of benzene rings is 2. The summed E-state index contributed by atoms with van der Waals surface area (Å²) in [7, 11) is 0. The van der Waals surface area contributed by atoms with Gasteiger partial charge in [0, 0.05) is 34.8 Å². The molecule has 1 aliphatic heterocycles. The van der Waals surface area contributed by atoms with Gasteiger partial charge < -0.3 is 122 Å². The number of aliphatic hydroxyl groups is 1. The van der Waals surface area contributed by atoms with Crippen LogP contribution in [0.1, 0.15) is 88.1 Å². The summed E-state index contributed by atoms with van der Waals surface area (Å²) in [6, 6.07) is -9.25. The number of nitrogens with one attached hydrogen (secondary N) is 13. The number of ketones is 1. The first kappa shape index (κ1) is 83.7. The van der Waals surface area contributed by atoms with Crippen LogP contribution in [0.2, 0.25) is 0 Å². The zero-order valence-electron chi connectivity index (χ0n) is 55.9. The summed E-state index contributed by atoms with van der Waals surface area (Å²) in [5, 5.41) is 75.9. The lowest BCUT2D eigenvalue weighted by atomic mass is 9.96. The van der Waals surface area contributed by atoms with Crippen molar-refractivity contribution in [3.8, 4) is 0 Å². The predicted molar refractivity (Wildman–Crippen MR) is 354 cm³/mol. The third-order valence-electron chi connectivity index (χ3n) is 15.6. The highest BCUT2D eigenvalue weighted by molar-refractivity contribution is 6.05. The van der Waals surface area contributed by atoms with E-state index in [1.165, 1.54) is 24.3 Å². The summed E-state index contributed by atoms with van der Waals surface area (Å²) in [6.07, 6.45) is -7.04. The second-order valence-electron chi connectivity index (χ2n) is 23.8. The first-order valence-corrected chi connectivity index (χ1v) is 31.9. The molecule has 4 rings (SSSR count). The molecule has 26 N–H and O–H groups in total. The number of aliphatic carboxylic acids is 4. The Morgan fingerprint density at radius 1 is 0.583 bits per heavy atom. The topological polar surface area (TPSA) is 682 Å². The number of anilines is 1. The molecule has 1 fully saturated rings. The maximum atomic E-state index is 14.7. The van der Waals surface area contributed by atoms with Gasteiger partial charge in [-0.15, -0.1) is 0 Å². The molecule has 1 aromatic heterocycles. The van der Waals surface area contributed by atoms with Crippen molar-refractivity contribution in [2.75, 3.05) is 38.5 Å². The van der Waals surface area contributed by atoms with Gasteiger partial charge in [0.15, 0.2) is 5.78 Å². The lowest BCUT2D eigenvalue weighted by Gasteiger charge is -2.30. The fourth-order valence-electron chi connectivity index (χ4n) is 10.2. The van der Waals surface area contributed by atoms with Crippen LogP contribution in [0.15, 0.2) is 54.7 Å². The molecule has 13 atom stereocenters. The van der Waals surface area contributed by atoms with Gasteiger partial charge in [0.25, 0.3) is 0 Å². The highest BCUT2D eigenvalue weighted by Crippen LogP contribution is 2.20. The van der Waals surface area contributed by atoms with E-state index in [1.807, 2.05) is 16.0 Å². The first-order valence-electron chi connectivity index (χ1n) is 31.9. The Morgan fingerprint density at radius 3 is 1.74 bits per heavy atom. The molecule has 2 heterocycles. The molecule has 1 saturated heterocycles. The fraction of sp³-hybridized carbons (Fsp3) is 0.484. The third-order valence-corrected chi connectivity index (χ3v) is 15.6. The number of hydrogen-bond acceptors (Lipinski definition) is 24. The van der Waals surface area contributed by atoms with Crippen LogP contribution in [-0.4, -0.2) is 242 Å². The number of ether oxygens (including phenoxy) is 1. The predicted octanol–water partition coefficient (Wildman–Crippen LogP) is -8.45. The maximum Gasteiger partial charge on any atom is 0.329 e. The number of carboxylic acids is 4. The van der Waals surface area contributed by atoms with Crippen LogP contribution in [0.5, 0.6) is 0 Å². The average Bonchev–Trinajstić information content (AvgIpc) is 1.72. The summed E-state index contributed by atoms with van der Waals surface area (Å²) < 4.78 is 5.65. The fourth-order valence-corrected chi connectivity index (χ4v) is 10.2. The van der Waals surface area contributed by atoms with Gasteiger partial charge in [-0.1, -0.05) is 37.3 Å². The minimum Gasteiger partial charge on any atom is -0.481 e. The van der Waals surface area contributed by atoms with E-state index in [1.54, 1.807) is 30.5 Å². The Balaban J connectivity index is 1.85. The number of nitrogen functional groups attached to an aromatic ring is 1. The molecule has 0 aliphatic carbocycles. The SMILES string of the molecule is CC(CC(=O)O)[C@@H]1NC(=O)[C@@H](CO)NC(=O)CNC(=O)[C@H](CC(=O)O)NC(=O)[C@@H](C)NC(=O)[C@H](CC(=O)O)NC(=O)[C@H](CCCN)NC(=O)CNC(=O)[C@@H](NC(=O)[C@H](CC(=O)O)NC(=O)[C@@H](CCN)NC(=O)[C@@H](N)Cc2c[nH]c3ccccc23)[C@@H](C)OC(=O)[C@H](CC(=O)c2ccccc2N)NC1=O. The maximum absolute atomic E-state index is 14.7. The molecule has 1 aliphatic rings. The number of aromatic nitrogens is 1. The number of rotatable bonds is 26. The van der Waals surface area contributed by atoms with Gasteiger partial charge in [-0.05, 0) is 82.3 Å². The Hall–Kier alpha value is -11.7. The second kappa shape index (κ2) is 40.5. The van der Waals surface area contributed by atoms with Gasteiger partial charge in [-0.25, -0.2) is 4.79 Å². The lowest BCUT2D eigenvalue weighted by Crippen LogP contribution is -2.61. The number of hydrogen-bond donors (Lipinski definition) is 22. The number of nitrogens with two attached hydrogens (primary N) is 4. The van der Waals surface area contributed by atoms with E-state index in [-0.39, 0.29) is 50.0 Å². The van der Waals surface area contributed by atoms with Crippen LogP contribution >= 0.6 is 0 Å². The lowest BCUT2D eigenvalue weighted by molar-refractivity contribution is -0.156. The smallest absolute Gasteiger partial charge is 0.329 e. The number of cyclic esters (lactones) is 1. The molecule has 0 bridgehead atoms. The molecule has 0 radical (unpaired) electrons. The van der Waals surface area contributed by atoms with Crippen LogP contribution in [-0.2, 0) is 92.7 Å². The molecule has 562 valence electrons. The van der Waals surface area contributed by atoms with Gasteiger partial charge in [0.05, 0.1) is 51.4 Å². The monoisotopic (exact) mass is 1450 g/mol. The summed E-state index contributed by atoms with van der Waals surface area (Å²) in [4.78, 5) is 247. The number of carboxylic acid groups (broad SMARTS) is 4. The zero-order valence-corrected chi connectivity index (χ0v) is 55.9. The van der Waals surface area contributed by atoms with Crippen molar-refractivity contribution in [3.63, 3.8) is 0 Å². The molecule has 41 nitrogen and oxygen atoms in total. The minimum atomic E-state index is -2.36. The zero-order chi connectivity index (χ0) is 76.9. The van der Waals surface area contributed by atoms with Crippen molar-refractivity contribution in [3.05, 3.63) is 65.9 Å². The van der Waals surface area contributed by atoms with Crippen LogP contribution in [0.3, 0.4) is 0 Å². The molecular formula is C62H85N17O24. The number of para-hydroxylation sites is 2. The Labute approximate surface area is 585 Å². The quantitative estimate of drug-likeness (QED) is 0.0202. The van der Waals surface area contributed by atoms with Crippen molar-refractivity contribution in [2.45, 2.75) is 151 Å². The first-order chi connectivity index (χ1) is 48.6. The summed E-state index contributed by atoms with van der Waals surface area (Å²) in [5.41, 5.74) is 24.8. The van der Waals surface area contributed by atoms with E-state index in [2.05, 4.69) is 52.8 Å². The third kappa shape index (κ3) is 26.7. The molecule has 103 heavy (non-hydrogen) atoms. The Bertz CT molecular complexity index is 3660. The van der Waals surface area contributed by atoms with Crippen molar-refractivity contribution < 1.29 is 117 Å². The number of esters is 1. The summed E-state index contributed by atoms with van der Waals surface area (Å²) in [5.74, 6) is -26.9. The molecule has 0 saturated carbocycles. The molecule has 2 aromatic carbocycles. The van der Waals surface area contributed by atoms with E-state index in [0.29, 0.717) is 5.56 Å². The Kier molecular flexibility index (Phi) is 32.9. The van der Waals surface area contributed by atoms with Crippen molar-refractivity contribution >= 4 is 123 Å². The van der Waals surface area contributed by atoms with Crippen molar-refractivity contribution in [2.24, 2.45) is 23.1 Å². The number of fused-ring (bicyclic) bond motifs is 1. The molecule has 12 amide bonds. The second-order valence-corrected chi connectivity index (χ2v) is 23.8. The number of amides is 12. The van der Waals surface area contributed by atoms with Gasteiger partial charge in [-0.3, -0.25) is 81.5 Å². The van der Waals surface area contributed by atoms with Crippen molar-refractivity contribution in [1.29, 1.82) is 0 Å². The van der Waals surface area contributed by atoms with Gasteiger partial charge in [0.1, 0.15) is 66.5 Å². The standard InChI is InChI=1S/C62H85N17O24/c1-27(17-46(84)85)50-61(101)77-41(19-43(81)32-10-4-6-11-33(32)65)62(102)103-29(3)51(79-58(98)40(22-49(90)91)76-56(96)37(14-16-64)73-53(93)34(66)18-30-23-67-35-12-7-5-9-31(30)35)60(100)69-25-44(82)71-36(13-8-15-63)55(95)75-39(21-48(88)89)57(97)70-28(2)52(92)74-38(20-47(86)87)54(94)68-24-45(83)72-42(26-80)59(99)78-50/h4-7,9-12,23,27-29,34,36-42,50-51,67,80H,8,13-22,24-26,63-66H2,1-3H3,(H,68,94)(H,69,100)(H,70,97)(H,71,82)(H,72,83)(H,73,93)(H,74,92)(H,75,95)(H,76,96)(H,77,101)(H,78,99)(H,79,98)(H,84,85)(H,86,87)(H,88,89)(H,90,91)/t27?,28-,29-,34+,36+,37-,38+,39+,40+,41+,42-,50+,51+/m1/s1. The largest absolute Gasteiger partial charge is 0.481 e. The van der Waals surface area contributed by atoms with Crippen LogP contribution in [0.25, 0.3) is 10.9 Å². The van der Waals surface area contributed by atoms with Gasteiger partial charge in [0.2, 0.25) is 70.9 Å². The number of aromatic amines is 1. The molecular weight excluding hydrogens is 1370 g/mol. The van der Waals surface area contributed by atoms with Crippen LogP contribution in [0, 0.1) is 5.92 Å². The van der Waals surface area contributed by atoms with E-state index in [4.69, 9.17) is 27.7 Å². The average molecular weight is 1450 g/mol. The van der Waals surface area contributed by atoms with Gasteiger partial charge in [-0.2, -0.15) is 0 Å². The number of carbonyl (C=O) groups is 18. The number of Topliss-reactive ketones (excluding diaryl/α,β-unsaturated/α-hetero) is 1. The molecule has 0 spiro atoms. The molecule has 3 aromatic rings. The van der Waals surface area contributed by atoms with E-state index in [0.717, 1.165) is 31.7 Å².